The zero-order valence-electron chi connectivity index (χ0n) is 8.45. The maximum atomic E-state index is 10.7. The molecule has 1 aromatic heterocycles. The lowest BCUT2D eigenvalue weighted by molar-refractivity contribution is 0.109. The Morgan fingerprint density at radius 1 is 1.50 bits per heavy atom. The smallest absolute Gasteiger partial charge is 0.185 e. The fourth-order valence-corrected chi connectivity index (χ4v) is 1.95. The molecule has 1 aliphatic heterocycles. The molecule has 0 amide bonds. The van der Waals surface area contributed by atoms with Gasteiger partial charge >= 0.3 is 0 Å². The van der Waals surface area contributed by atoms with Gasteiger partial charge in [-0.25, -0.2) is 0 Å². The first-order valence-electron chi connectivity index (χ1n) is 5.06. The number of likely N-dealkylation sites (tertiary alicyclic amines) is 1. The Balaban J connectivity index is 2.13. The largest absolute Gasteiger partial charge is 0.461 e. The van der Waals surface area contributed by atoms with Crippen molar-refractivity contribution in [3.63, 3.8) is 0 Å². The summed E-state index contributed by atoms with van der Waals surface area (Å²) in [5.74, 6) is 0.495. The molecule has 0 N–H and O–H groups in total. The van der Waals surface area contributed by atoms with Gasteiger partial charge in [-0.2, -0.15) is 0 Å². The van der Waals surface area contributed by atoms with Gasteiger partial charge in [0.25, 0.3) is 0 Å². The van der Waals surface area contributed by atoms with E-state index in [-0.39, 0.29) is 0 Å². The van der Waals surface area contributed by atoms with E-state index in [1.807, 2.05) is 6.92 Å². The topological polar surface area (TPSA) is 33.5 Å². The van der Waals surface area contributed by atoms with Crippen LogP contribution >= 0.6 is 0 Å². The number of hydrogen-bond acceptors (Lipinski definition) is 3. The number of carbonyl (C=O) groups is 1. The van der Waals surface area contributed by atoms with Crippen molar-refractivity contribution in [2.24, 2.45) is 0 Å². The van der Waals surface area contributed by atoms with Gasteiger partial charge in [0.05, 0.1) is 6.26 Å². The summed E-state index contributed by atoms with van der Waals surface area (Å²) in [6.45, 7) is 5.13. The average molecular weight is 193 g/mol. The Labute approximate surface area is 83.7 Å². The lowest BCUT2D eigenvalue weighted by Gasteiger charge is -2.13. The quantitative estimate of drug-likeness (QED) is 0.688. The molecular formula is C11H15NO2. The fraction of sp³-hybridized carbons (Fsp3) is 0.545. The minimum Gasteiger partial charge on any atom is -0.461 e. The van der Waals surface area contributed by atoms with Crippen LogP contribution in [-0.4, -0.2) is 24.3 Å². The highest BCUT2D eigenvalue weighted by Gasteiger charge is 2.16. The predicted molar refractivity (Wildman–Crippen MR) is 53.3 cm³/mol. The molecule has 2 heterocycles. The monoisotopic (exact) mass is 193 g/mol. The van der Waals surface area contributed by atoms with Crippen LogP contribution in [0.25, 0.3) is 0 Å². The molecular weight excluding hydrogens is 178 g/mol. The third-order valence-corrected chi connectivity index (χ3v) is 2.82. The first kappa shape index (κ1) is 9.46. The number of rotatable bonds is 3. The van der Waals surface area contributed by atoms with Crippen LogP contribution in [0.5, 0.6) is 0 Å². The third kappa shape index (κ3) is 1.73. The molecule has 0 unspecified atom stereocenters. The highest BCUT2D eigenvalue weighted by atomic mass is 16.3. The second-order valence-electron chi connectivity index (χ2n) is 3.86. The van der Waals surface area contributed by atoms with Crippen molar-refractivity contribution in [2.45, 2.75) is 26.3 Å². The maximum absolute atomic E-state index is 10.7. The van der Waals surface area contributed by atoms with Gasteiger partial charge in [0.2, 0.25) is 0 Å². The van der Waals surface area contributed by atoms with Gasteiger partial charge in [0.1, 0.15) is 0 Å². The molecule has 0 spiro atoms. The molecule has 1 aliphatic rings. The van der Waals surface area contributed by atoms with Crippen LogP contribution in [-0.2, 0) is 6.54 Å². The Hall–Kier alpha value is -1.09. The summed E-state index contributed by atoms with van der Waals surface area (Å²) in [5, 5.41) is 0. The molecule has 0 aromatic carbocycles. The molecule has 0 atom stereocenters. The number of furan rings is 1. The Bertz CT molecular complexity index is 324. The van der Waals surface area contributed by atoms with E-state index in [1.165, 1.54) is 12.8 Å². The van der Waals surface area contributed by atoms with Crippen molar-refractivity contribution in [1.82, 2.24) is 4.90 Å². The first-order valence-corrected chi connectivity index (χ1v) is 5.06. The molecule has 3 heteroatoms. The van der Waals surface area contributed by atoms with Gasteiger partial charge in [-0.1, -0.05) is 0 Å². The Morgan fingerprint density at radius 3 is 2.86 bits per heavy atom. The molecule has 0 saturated carbocycles. The van der Waals surface area contributed by atoms with Crippen LogP contribution in [0, 0.1) is 6.92 Å². The van der Waals surface area contributed by atoms with E-state index in [0.29, 0.717) is 5.76 Å². The van der Waals surface area contributed by atoms with E-state index in [4.69, 9.17) is 4.42 Å². The standard InChI is InChI=1S/C11H15NO2/c1-9-8-14-11(7-13)10(9)6-12-4-2-3-5-12/h7-8H,2-6H2,1H3. The van der Waals surface area contributed by atoms with E-state index in [1.54, 1.807) is 6.26 Å². The summed E-state index contributed by atoms with van der Waals surface area (Å²) in [7, 11) is 0. The molecule has 14 heavy (non-hydrogen) atoms. The Kier molecular flexibility index (Phi) is 2.68. The lowest BCUT2D eigenvalue weighted by Crippen LogP contribution is -2.19. The number of nitrogens with zero attached hydrogens (tertiary/aromatic N) is 1. The Morgan fingerprint density at radius 2 is 2.21 bits per heavy atom. The van der Waals surface area contributed by atoms with E-state index in [9.17, 15) is 4.79 Å². The third-order valence-electron chi connectivity index (χ3n) is 2.82. The lowest BCUT2D eigenvalue weighted by atomic mass is 10.1. The molecule has 76 valence electrons. The first-order chi connectivity index (χ1) is 6.81. The van der Waals surface area contributed by atoms with Crippen molar-refractivity contribution in [3.8, 4) is 0 Å². The number of carbonyl (C=O) groups excluding carboxylic acids is 1. The van der Waals surface area contributed by atoms with Crippen LogP contribution in [0.1, 0.15) is 34.5 Å². The number of hydrogen-bond donors (Lipinski definition) is 0. The van der Waals surface area contributed by atoms with E-state index in [0.717, 1.165) is 37.0 Å². The summed E-state index contributed by atoms with van der Waals surface area (Å²) < 4.78 is 5.16. The van der Waals surface area contributed by atoms with E-state index < -0.39 is 0 Å². The molecule has 0 aliphatic carbocycles. The van der Waals surface area contributed by atoms with Crippen LogP contribution < -0.4 is 0 Å². The van der Waals surface area contributed by atoms with Gasteiger partial charge in [-0.3, -0.25) is 9.69 Å². The van der Waals surface area contributed by atoms with Gasteiger partial charge in [0, 0.05) is 12.1 Å². The molecule has 1 fully saturated rings. The molecule has 2 rings (SSSR count). The zero-order chi connectivity index (χ0) is 9.97. The summed E-state index contributed by atoms with van der Waals surface area (Å²) in [4.78, 5) is 13.1. The van der Waals surface area contributed by atoms with Gasteiger partial charge in [-0.15, -0.1) is 0 Å². The van der Waals surface area contributed by atoms with Gasteiger partial charge < -0.3 is 4.42 Å². The minimum absolute atomic E-state index is 0.495. The van der Waals surface area contributed by atoms with Gasteiger partial charge in [-0.05, 0) is 38.4 Å². The van der Waals surface area contributed by atoms with Crippen LogP contribution in [0.3, 0.4) is 0 Å². The van der Waals surface area contributed by atoms with Crippen molar-refractivity contribution in [2.75, 3.05) is 13.1 Å². The van der Waals surface area contributed by atoms with E-state index in [2.05, 4.69) is 4.90 Å². The van der Waals surface area contributed by atoms with Crippen molar-refractivity contribution in [3.05, 3.63) is 23.2 Å². The minimum atomic E-state index is 0.495. The van der Waals surface area contributed by atoms with Crippen molar-refractivity contribution >= 4 is 6.29 Å². The van der Waals surface area contributed by atoms with Crippen LogP contribution in [0.15, 0.2) is 10.7 Å². The summed E-state index contributed by atoms with van der Waals surface area (Å²) >= 11 is 0. The molecule has 1 aromatic rings. The van der Waals surface area contributed by atoms with Crippen LogP contribution in [0.2, 0.25) is 0 Å². The zero-order valence-corrected chi connectivity index (χ0v) is 8.45. The highest BCUT2D eigenvalue weighted by Crippen LogP contribution is 2.19. The maximum Gasteiger partial charge on any atom is 0.185 e. The van der Waals surface area contributed by atoms with Crippen molar-refractivity contribution < 1.29 is 9.21 Å². The second kappa shape index (κ2) is 3.96. The summed E-state index contributed by atoms with van der Waals surface area (Å²) in [6.07, 6.45) is 5.01. The number of aldehydes is 1. The molecule has 1 saturated heterocycles. The SMILES string of the molecule is Cc1coc(C=O)c1CN1CCCC1. The normalized spacial score (nSPS) is 17.5. The number of aryl methyl sites for hydroxylation is 1. The molecule has 3 nitrogen and oxygen atoms in total. The highest BCUT2D eigenvalue weighted by molar-refractivity contribution is 5.73. The molecule has 0 bridgehead atoms. The van der Waals surface area contributed by atoms with Crippen LogP contribution in [0.4, 0.5) is 0 Å². The summed E-state index contributed by atoms with van der Waals surface area (Å²) in [5.41, 5.74) is 2.14. The second-order valence-corrected chi connectivity index (χ2v) is 3.86. The predicted octanol–water partition coefficient (Wildman–Crippen LogP) is 2.00. The van der Waals surface area contributed by atoms with Gasteiger partial charge in [0.15, 0.2) is 12.0 Å². The van der Waals surface area contributed by atoms with E-state index >= 15 is 0 Å². The summed E-state index contributed by atoms with van der Waals surface area (Å²) in [6, 6.07) is 0. The fourth-order valence-electron chi connectivity index (χ4n) is 1.95. The molecule has 0 radical (unpaired) electrons. The average Bonchev–Trinajstić information content (AvgIpc) is 2.79. The van der Waals surface area contributed by atoms with Crippen molar-refractivity contribution in [1.29, 1.82) is 0 Å².